The fourth-order valence-electron chi connectivity index (χ4n) is 2.57. The minimum atomic E-state index is -0.925. The molecule has 116 valence electrons. The number of ether oxygens (including phenoxy) is 1. The lowest BCUT2D eigenvalue weighted by Gasteiger charge is -2.29. The van der Waals surface area contributed by atoms with Crippen LogP contribution in [0.2, 0.25) is 0 Å². The molecule has 1 aliphatic heterocycles. The smallest absolute Gasteiger partial charge is 0.311 e. The summed E-state index contributed by atoms with van der Waals surface area (Å²) in [6, 6.07) is -0.614. The van der Waals surface area contributed by atoms with Crippen molar-refractivity contribution < 1.29 is 19.4 Å². The Labute approximate surface area is 120 Å². The highest BCUT2D eigenvalue weighted by atomic mass is 16.5. The van der Waals surface area contributed by atoms with Gasteiger partial charge in [0.25, 0.3) is 0 Å². The van der Waals surface area contributed by atoms with E-state index in [2.05, 4.69) is 20.8 Å². The number of likely N-dealkylation sites (N-methyl/N-ethyl adjacent to an activating group) is 1. The molecule has 6 heteroatoms. The Morgan fingerprint density at radius 3 is 2.50 bits per heavy atom. The normalized spacial score (nSPS) is 24.4. The Bertz CT molecular complexity index is 365. The van der Waals surface area contributed by atoms with Crippen LogP contribution >= 0.6 is 0 Å². The molecule has 1 saturated heterocycles. The molecule has 1 heterocycles. The molecule has 0 aliphatic carbocycles. The first kappa shape index (κ1) is 16.9. The minimum Gasteiger partial charge on any atom is -0.481 e. The molecule has 0 aromatic rings. The topological polar surface area (TPSA) is 92.9 Å². The van der Waals surface area contributed by atoms with Crippen LogP contribution in [0.15, 0.2) is 0 Å². The van der Waals surface area contributed by atoms with Gasteiger partial charge in [0.15, 0.2) is 0 Å². The number of carbonyl (C=O) groups excluding carboxylic acids is 1. The van der Waals surface area contributed by atoms with Crippen molar-refractivity contribution in [1.29, 1.82) is 0 Å². The second-order valence-electron chi connectivity index (χ2n) is 6.78. The summed E-state index contributed by atoms with van der Waals surface area (Å²) >= 11 is 0. The molecule has 1 amide bonds. The van der Waals surface area contributed by atoms with Crippen molar-refractivity contribution in [3.63, 3.8) is 0 Å². The summed E-state index contributed by atoms with van der Waals surface area (Å²) < 4.78 is 5.18. The third-order valence-electron chi connectivity index (χ3n) is 3.57. The average Bonchev–Trinajstić information content (AvgIpc) is 2.73. The van der Waals surface area contributed by atoms with Gasteiger partial charge >= 0.3 is 5.97 Å². The van der Waals surface area contributed by atoms with E-state index in [4.69, 9.17) is 15.6 Å². The highest BCUT2D eigenvalue weighted by molar-refractivity contribution is 5.78. The van der Waals surface area contributed by atoms with Crippen LogP contribution in [0.25, 0.3) is 0 Å². The van der Waals surface area contributed by atoms with Gasteiger partial charge in [0.1, 0.15) is 5.92 Å². The van der Waals surface area contributed by atoms with Crippen LogP contribution in [0.3, 0.4) is 0 Å². The van der Waals surface area contributed by atoms with E-state index in [0.717, 1.165) is 6.42 Å². The Balaban J connectivity index is 2.56. The quantitative estimate of drug-likeness (QED) is 0.776. The van der Waals surface area contributed by atoms with E-state index in [1.165, 1.54) is 4.90 Å². The van der Waals surface area contributed by atoms with Gasteiger partial charge in [-0.05, 0) is 11.8 Å². The van der Waals surface area contributed by atoms with Crippen molar-refractivity contribution in [2.75, 3.05) is 20.3 Å². The lowest BCUT2D eigenvalue weighted by molar-refractivity contribution is -0.144. The van der Waals surface area contributed by atoms with Gasteiger partial charge in [-0.15, -0.1) is 0 Å². The average molecular weight is 286 g/mol. The largest absolute Gasteiger partial charge is 0.481 e. The lowest BCUT2D eigenvalue weighted by Crippen LogP contribution is -2.46. The van der Waals surface area contributed by atoms with E-state index in [1.807, 2.05) is 0 Å². The number of hydrogen-bond acceptors (Lipinski definition) is 4. The maximum absolute atomic E-state index is 12.2. The van der Waals surface area contributed by atoms with Gasteiger partial charge in [-0.25, -0.2) is 0 Å². The van der Waals surface area contributed by atoms with Crippen LogP contribution in [-0.2, 0) is 14.3 Å². The summed E-state index contributed by atoms with van der Waals surface area (Å²) in [5.41, 5.74) is 6.06. The van der Waals surface area contributed by atoms with Crippen LogP contribution in [-0.4, -0.2) is 54.2 Å². The Kier molecular flexibility index (Phi) is 5.53. The Hall–Kier alpha value is -1.14. The van der Waals surface area contributed by atoms with E-state index in [9.17, 15) is 9.59 Å². The molecule has 20 heavy (non-hydrogen) atoms. The zero-order chi connectivity index (χ0) is 15.5. The first-order chi connectivity index (χ1) is 9.11. The number of nitrogens with zero attached hydrogens (tertiary/aromatic N) is 1. The van der Waals surface area contributed by atoms with E-state index in [1.54, 1.807) is 7.05 Å². The summed E-state index contributed by atoms with van der Waals surface area (Å²) in [7, 11) is 1.63. The highest BCUT2D eigenvalue weighted by Gasteiger charge is 2.38. The van der Waals surface area contributed by atoms with Crippen molar-refractivity contribution in [2.45, 2.75) is 45.7 Å². The van der Waals surface area contributed by atoms with Gasteiger partial charge < -0.3 is 20.5 Å². The van der Waals surface area contributed by atoms with Crippen molar-refractivity contribution in [2.24, 2.45) is 17.1 Å². The van der Waals surface area contributed by atoms with E-state index in [0.29, 0.717) is 0 Å². The van der Waals surface area contributed by atoms with Gasteiger partial charge in [0, 0.05) is 19.5 Å². The Morgan fingerprint density at radius 2 is 2.00 bits per heavy atom. The monoisotopic (exact) mass is 286 g/mol. The molecule has 1 fully saturated rings. The lowest BCUT2D eigenvalue weighted by atomic mass is 9.87. The summed E-state index contributed by atoms with van der Waals surface area (Å²) in [6.07, 6.45) is 0.979. The van der Waals surface area contributed by atoms with Crippen LogP contribution < -0.4 is 5.73 Å². The van der Waals surface area contributed by atoms with Crippen molar-refractivity contribution >= 4 is 11.9 Å². The van der Waals surface area contributed by atoms with Crippen molar-refractivity contribution in [3.05, 3.63) is 0 Å². The zero-order valence-electron chi connectivity index (χ0n) is 12.8. The molecule has 3 N–H and O–H groups in total. The van der Waals surface area contributed by atoms with Gasteiger partial charge in [-0.3, -0.25) is 9.59 Å². The molecule has 0 radical (unpaired) electrons. The molecular weight excluding hydrogens is 260 g/mol. The van der Waals surface area contributed by atoms with Crippen LogP contribution in [0, 0.1) is 11.3 Å². The SMILES string of the molecule is CN(C(=O)CC(N)CC(C)(C)C)C1COCC1C(=O)O. The van der Waals surface area contributed by atoms with Gasteiger partial charge in [0.2, 0.25) is 5.91 Å². The van der Waals surface area contributed by atoms with Crippen LogP contribution in [0.5, 0.6) is 0 Å². The number of hydrogen-bond donors (Lipinski definition) is 2. The maximum atomic E-state index is 12.2. The predicted octanol–water partition coefficient (Wildman–Crippen LogP) is 0.698. The second-order valence-corrected chi connectivity index (χ2v) is 6.78. The van der Waals surface area contributed by atoms with Gasteiger partial charge in [-0.2, -0.15) is 0 Å². The molecule has 0 saturated carbocycles. The molecule has 3 unspecified atom stereocenters. The van der Waals surface area contributed by atoms with Crippen LogP contribution in [0.1, 0.15) is 33.6 Å². The number of carboxylic acid groups (broad SMARTS) is 1. The van der Waals surface area contributed by atoms with Gasteiger partial charge in [-0.1, -0.05) is 20.8 Å². The number of carbonyl (C=O) groups is 2. The Morgan fingerprint density at radius 1 is 1.40 bits per heavy atom. The fourth-order valence-corrected chi connectivity index (χ4v) is 2.57. The first-order valence-corrected chi connectivity index (χ1v) is 6.93. The van der Waals surface area contributed by atoms with E-state index in [-0.39, 0.29) is 37.0 Å². The summed E-state index contributed by atoms with van der Waals surface area (Å²) in [6.45, 7) is 6.66. The number of aliphatic carboxylic acids is 1. The summed E-state index contributed by atoms with van der Waals surface area (Å²) in [5.74, 6) is -1.70. The maximum Gasteiger partial charge on any atom is 0.311 e. The fraction of sp³-hybridized carbons (Fsp3) is 0.857. The number of nitrogens with two attached hydrogens (primary N) is 1. The third kappa shape index (κ3) is 4.76. The molecule has 1 aliphatic rings. The van der Waals surface area contributed by atoms with Gasteiger partial charge in [0.05, 0.1) is 19.3 Å². The number of amides is 1. The first-order valence-electron chi connectivity index (χ1n) is 6.93. The molecule has 6 nitrogen and oxygen atoms in total. The van der Waals surface area contributed by atoms with E-state index < -0.39 is 17.9 Å². The van der Waals surface area contributed by atoms with Crippen molar-refractivity contribution in [1.82, 2.24) is 4.90 Å². The standard InChI is InChI=1S/C14H26N2O4/c1-14(2,3)6-9(15)5-12(17)16(4)11-8-20-7-10(11)13(18)19/h9-11H,5-8,15H2,1-4H3,(H,18,19). The number of carboxylic acids is 1. The van der Waals surface area contributed by atoms with E-state index >= 15 is 0 Å². The molecular formula is C14H26N2O4. The molecule has 0 aromatic heterocycles. The highest BCUT2D eigenvalue weighted by Crippen LogP contribution is 2.23. The molecule has 3 atom stereocenters. The van der Waals surface area contributed by atoms with Crippen molar-refractivity contribution in [3.8, 4) is 0 Å². The third-order valence-corrected chi connectivity index (χ3v) is 3.57. The molecule has 0 aromatic carbocycles. The summed E-state index contributed by atoms with van der Waals surface area (Å²) in [4.78, 5) is 24.8. The molecule has 0 spiro atoms. The second kappa shape index (κ2) is 6.54. The summed E-state index contributed by atoms with van der Waals surface area (Å²) in [5, 5.41) is 9.11. The molecule has 1 rings (SSSR count). The van der Waals surface area contributed by atoms with Crippen LogP contribution in [0.4, 0.5) is 0 Å². The zero-order valence-corrected chi connectivity index (χ0v) is 12.8. The predicted molar refractivity (Wildman–Crippen MR) is 75.2 cm³/mol. The minimum absolute atomic E-state index is 0.0678. The molecule has 0 bridgehead atoms. The number of rotatable bonds is 5.